The lowest BCUT2D eigenvalue weighted by atomic mass is 9.99. The summed E-state index contributed by atoms with van der Waals surface area (Å²) in [4.78, 5) is 24.0. The van der Waals surface area contributed by atoms with Crippen LogP contribution in [0.5, 0.6) is 0 Å². The summed E-state index contributed by atoms with van der Waals surface area (Å²) in [6.45, 7) is 9.53. The van der Waals surface area contributed by atoms with E-state index in [-0.39, 0.29) is 0 Å². The number of piperidine rings is 1. The summed E-state index contributed by atoms with van der Waals surface area (Å²) in [6.07, 6.45) is 4.21. The Labute approximate surface area is 162 Å². The summed E-state index contributed by atoms with van der Waals surface area (Å²) in [5, 5.41) is 2.50. The number of pyridine rings is 1. The lowest BCUT2D eigenvalue weighted by molar-refractivity contribution is -0.134. The molecular formula is C22H30N4O. The minimum absolute atomic E-state index is 0.311. The Balaban J connectivity index is 1.28. The molecule has 2 aliphatic heterocycles. The number of fused-ring (bicyclic) bond motifs is 1. The quantitative estimate of drug-likeness (QED) is 0.834. The summed E-state index contributed by atoms with van der Waals surface area (Å²) in [6, 6.07) is 10.5. The second-order valence-electron chi connectivity index (χ2n) is 8.09. The molecule has 2 aliphatic rings. The highest BCUT2D eigenvalue weighted by Crippen LogP contribution is 2.19. The van der Waals surface area contributed by atoms with Crippen LogP contribution in [0.3, 0.4) is 0 Å². The zero-order chi connectivity index (χ0) is 18.6. The molecule has 4 rings (SSSR count). The lowest BCUT2D eigenvalue weighted by Gasteiger charge is -2.36. The van der Waals surface area contributed by atoms with Gasteiger partial charge >= 0.3 is 0 Å². The van der Waals surface area contributed by atoms with Crippen molar-refractivity contribution >= 4 is 16.7 Å². The first-order chi connectivity index (χ1) is 13.2. The van der Waals surface area contributed by atoms with Gasteiger partial charge in [0.05, 0.1) is 12.2 Å². The standard InChI is InChI=1S/C22H30N4O/c1-18-7-10-26(11-8-18)22(27)17-25-14-12-24(13-15-25)16-21-20-5-3-2-4-19(20)6-9-23-21/h2-6,9,18H,7-8,10-17H2,1H3. The summed E-state index contributed by atoms with van der Waals surface area (Å²) >= 11 is 0. The van der Waals surface area contributed by atoms with Crippen LogP contribution < -0.4 is 0 Å². The van der Waals surface area contributed by atoms with Crippen molar-refractivity contribution < 1.29 is 4.79 Å². The van der Waals surface area contributed by atoms with E-state index in [0.717, 1.165) is 70.3 Å². The van der Waals surface area contributed by atoms with Crippen LogP contribution in [0.15, 0.2) is 36.5 Å². The van der Waals surface area contributed by atoms with E-state index in [1.165, 1.54) is 10.8 Å². The predicted octanol–water partition coefficient (Wildman–Crippen LogP) is 2.61. The number of rotatable bonds is 4. The lowest BCUT2D eigenvalue weighted by Crippen LogP contribution is -2.50. The zero-order valence-corrected chi connectivity index (χ0v) is 16.3. The first kappa shape index (κ1) is 18.4. The van der Waals surface area contributed by atoms with Gasteiger partial charge in [-0.1, -0.05) is 31.2 Å². The van der Waals surface area contributed by atoms with Crippen molar-refractivity contribution in [3.05, 3.63) is 42.2 Å². The first-order valence-electron chi connectivity index (χ1n) is 10.2. The van der Waals surface area contributed by atoms with Crippen LogP contribution in [0.1, 0.15) is 25.5 Å². The van der Waals surface area contributed by atoms with Crippen LogP contribution in [0.2, 0.25) is 0 Å². The van der Waals surface area contributed by atoms with Crippen molar-refractivity contribution in [3.63, 3.8) is 0 Å². The molecule has 1 aromatic heterocycles. The third kappa shape index (κ3) is 4.47. The number of amides is 1. The Kier molecular flexibility index (Phi) is 5.69. The van der Waals surface area contributed by atoms with Gasteiger partial charge in [0.25, 0.3) is 0 Å². The Hall–Kier alpha value is -1.98. The van der Waals surface area contributed by atoms with Gasteiger partial charge in [-0.05, 0) is 30.2 Å². The van der Waals surface area contributed by atoms with Gasteiger partial charge < -0.3 is 4.90 Å². The van der Waals surface area contributed by atoms with Gasteiger partial charge in [0.2, 0.25) is 5.91 Å². The van der Waals surface area contributed by atoms with Crippen molar-refractivity contribution in [2.45, 2.75) is 26.3 Å². The molecule has 5 nitrogen and oxygen atoms in total. The number of likely N-dealkylation sites (tertiary alicyclic amines) is 1. The Morgan fingerprint density at radius 2 is 1.70 bits per heavy atom. The minimum Gasteiger partial charge on any atom is -0.342 e. The number of nitrogens with zero attached hydrogens (tertiary/aromatic N) is 4. The van der Waals surface area contributed by atoms with Crippen LogP contribution in [0, 0.1) is 5.92 Å². The molecule has 27 heavy (non-hydrogen) atoms. The van der Waals surface area contributed by atoms with Gasteiger partial charge in [-0.15, -0.1) is 0 Å². The fourth-order valence-corrected chi connectivity index (χ4v) is 4.17. The molecule has 2 fully saturated rings. The average Bonchev–Trinajstić information content (AvgIpc) is 2.70. The SMILES string of the molecule is CC1CCN(C(=O)CN2CCN(Cc3nccc4ccccc34)CC2)CC1. The van der Waals surface area contributed by atoms with Crippen molar-refractivity contribution in [1.29, 1.82) is 0 Å². The zero-order valence-electron chi connectivity index (χ0n) is 16.3. The molecule has 0 radical (unpaired) electrons. The average molecular weight is 367 g/mol. The predicted molar refractivity (Wildman–Crippen MR) is 108 cm³/mol. The van der Waals surface area contributed by atoms with Gasteiger partial charge in [-0.3, -0.25) is 19.6 Å². The number of carbonyl (C=O) groups excluding carboxylic acids is 1. The molecule has 1 amide bonds. The smallest absolute Gasteiger partial charge is 0.236 e. The molecule has 144 valence electrons. The number of hydrogen-bond acceptors (Lipinski definition) is 4. The highest BCUT2D eigenvalue weighted by Gasteiger charge is 2.24. The number of carbonyl (C=O) groups is 1. The molecule has 5 heteroatoms. The van der Waals surface area contributed by atoms with E-state index in [1.807, 2.05) is 6.20 Å². The molecule has 0 saturated carbocycles. The van der Waals surface area contributed by atoms with Gasteiger partial charge in [0.1, 0.15) is 0 Å². The maximum Gasteiger partial charge on any atom is 0.236 e. The molecule has 0 N–H and O–H groups in total. The van der Waals surface area contributed by atoms with Crippen molar-refractivity contribution in [3.8, 4) is 0 Å². The number of hydrogen-bond donors (Lipinski definition) is 0. The van der Waals surface area contributed by atoms with Crippen molar-refractivity contribution in [2.75, 3.05) is 45.8 Å². The van der Waals surface area contributed by atoms with Gasteiger partial charge in [-0.2, -0.15) is 0 Å². The summed E-state index contributed by atoms with van der Waals surface area (Å²) < 4.78 is 0. The van der Waals surface area contributed by atoms with Crippen LogP contribution in [0.4, 0.5) is 0 Å². The third-order valence-electron chi connectivity index (χ3n) is 6.09. The third-order valence-corrected chi connectivity index (χ3v) is 6.09. The molecule has 1 aromatic carbocycles. The molecule has 0 atom stereocenters. The van der Waals surface area contributed by atoms with Crippen molar-refractivity contribution in [1.82, 2.24) is 19.7 Å². The highest BCUT2D eigenvalue weighted by atomic mass is 16.2. The molecule has 0 spiro atoms. The second kappa shape index (κ2) is 8.36. The van der Waals surface area contributed by atoms with Gasteiger partial charge in [-0.25, -0.2) is 0 Å². The Morgan fingerprint density at radius 1 is 1.00 bits per heavy atom. The van der Waals surface area contributed by atoms with Gasteiger partial charge in [0, 0.05) is 57.4 Å². The van der Waals surface area contributed by atoms with Gasteiger partial charge in [0.15, 0.2) is 0 Å². The van der Waals surface area contributed by atoms with Crippen molar-refractivity contribution in [2.24, 2.45) is 5.92 Å². The number of aromatic nitrogens is 1. The summed E-state index contributed by atoms with van der Waals surface area (Å²) in [5.41, 5.74) is 1.15. The maximum atomic E-state index is 12.6. The topological polar surface area (TPSA) is 39.7 Å². The Bertz CT molecular complexity index is 771. The van der Waals surface area contributed by atoms with Crippen LogP contribution in [0.25, 0.3) is 10.8 Å². The van der Waals surface area contributed by atoms with Crippen LogP contribution in [-0.4, -0.2) is 71.4 Å². The van der Waals surface area contributed by atoms with E-state index in [2.05, 4.69) is 56.9 Å². The maximum absolute atomic E-state index is 12.6. The van der Waals surface area contributed by atoms with E-state index in [9.17, 15) is 4.79 Å². The molecular weight excluding hydrogens is 336 g/mol. The van der Waals surface area contributed by atoms with E-state index >= 15 is 0 Å². The molecule has 0 bridgehead atoms. The number of benzene rings is 1. The molecule has 2 saturated heterocycles. The van der Waals surface area contributed by atoms with Crippen LogP contribution in [-0.2, 0) is 11.3 Å². The highest BCUT2D eigenvalue weighted by molar-refractivity contribution is 5.84. The summed E-state index contributed by atoms with van der Waals surface area (Å²) in [5.74, 6) is 1.08. The second-order valence-corrected chi connectivity index (χ2v) is 8.09. The van der Waals surface area contributed by atoms with Crippen LogP contribution >= 0.6 is 0 Å². The largest absolute Gasteiger partial charge is 0.342 e. The normalized spacial score (nSPS) is 20.3. The van der Waals surface area contributed by atoms with E-state index < -0.39 is 0 Å². The molecule has 2 aromatic rings. The molecule has 0 aliphatic carbocycles. The van der Waals surface area contributed by atoms with E-state index in [4.69, 9.17) is 0 Å². The fraction of sp³-hybridized carbons (Fsp3) is 0.545. The molecule has 3 heterocycles. The monoisotopic (exact) mass is 366 g/mol. The first-order valence-corrected chi connectivity index (χ1v) is 10.2. The minimum atomic E-state index is 0.311. The summed E-state index contributed by atoms with van der Waals surface area (Å²) in [7, 11) is 0. The van der Waals surface area contributed by atoms with E-state index in [1.54, 1.807) is 0 Å². The fourth-order valence-electron chi connectivity index (χ4n) is 4.17. The van der Waals surface area contributed by atoms with E-state index in [0.29, 0.717) is 12.5 Å². The Morgan fingerprint density at radius 3 is 2.48 bits per heavy atom. The molecule has 0 unspecified atom stereocenters. The number of piperazine rings is 1.